The van der Waals surface area contributed by atoms with E-state index in [2.05, 4.69) is 25.9 Å². The van der Waals surface area contributed by atoms with E-state index in [1.165, 1.54) is 0 Å². The number of hydrogen-bond acceptors (Lipinski definition) is 5. The van der Waals surface area contributed by atoms with Gasteiger partial charge in [-0.3, -0.25) is 9.69 Å². The molecular formula is C9H7BrCl2FN3O3S. The van der Waals surface area contributed by atoms with Gasteiger partial charge in [-0.25, -0.2) is 0 Å². The van der Waals surface area contributed by atoms with E-state index in [-0.39, 0.29) is 29.2 Å². The van der Waals surface area contributed by atoms with Crippen LogP contribution in [-0.4, -0.2) is 36.6 Å². The summed E-state index contributed by atoms with van der Waals surface area (Å²) >= 11 is 14.7. The molecule has 11 heteroatoms. The van der Waals surface area contributed by atoms with Crippen LogP contribution in [0.25, 0.3) is 0 Å². The Hall–Kier alpha value is -0.510. The molecule has 1 aliphatic heterocycles. The van der Waals surface area contributed by atoms with Crippen LogP contribution in [0.15, 0.2) is 4.47 Å². The van der Waals surface area contributed by atoms with Gasteiger partial charge in [-0.1, -0.05) is 23.2 Å². The topological polar surface area (TPSA) is 80.2 Å². The van der Waals surface area contributed by atoms with Gasteiger partial charge < -0.3 is 0 Å². The van der Waals surface area contributed by atoms with Crippen molar-refractivity contribution in [2.24, 2.45) is 5.92 Å². The third kappa shape index (κ3) is 3.57. The van der Waals surface area contributed by atoms with E-state index < -0.39 is 27.8 Å². The van der Waals surface area contributed by atoms with Crippen molar-refractivity contribution in [1.29, 1.82) is 0 Å². The lowest BCUT2D eigenvalue weighted by Crippen LogP contribution is -2.27. The fourth-order valence-corrected chi connectivity index (χ4v) is 3.21. The Morgan fingerprint density at radius 1 is 1.35 bits per heavy atom. The summed E-state index contributed by atoms with van der Waals surface area (Å²) in [5, 5.41) is 0.0451. The molecule has 0 spiro atoms. The molecule has 2 heterocycles. The number of aromatic nitrogens is 2. The van der Waals surface area contributed by atoms with Crippen LogP contribution < -0.4 is 4.90 Å². The monoisotopic (exact) mass is 405 g/mol. The third-order valence-corrected chi connectivity index (χ3v) is 5.26. The number of hydrogen-bond donors (Lipinski definition) is 0. The van der Waals surface area contributed by atoms with Gasteiger partial charge in [0.15, 0.2) is 0 Å². The summed E-state index contributed by atoms with van der Waals surface area (Å²) in [5.41, 5.74) is 0. The number of anilines is 1. The minimum atomic E-state index is -4.64. The number of amides is 1. The van der Waals surface area contributed by atoms with Crippen molar-refractivity contribution in [2.75, 3.05) is 17.2 Å². The van der Waals surface area contributed by atoms with Gasteiger partial charge in [0.25, 0.3) is 0 Å². The highest BCUT2D eigenvalue weighted by molar-refractivity contribution is 9.10. The number of nitrogens with zero attached hydrogens (tertiary/aromatic N) is 3. The highest BCUT2D eigenvalue weighted by Gasteiger charge is 2.35. The van der Waals surface area contributed by atoms with Crippen molar-refractivity contribution in [1.82, 2.24) is 9.97 Å². The van der Waals surface area contributed by atoms with Crippen molar-refractivity contribution in [2.45, 2.75) is 6.42 Å². The van der Waals surface area contributed by atoms with Crippen LogP contribution in [0.3, 0.4) is 0 Å². The summed E-state index contributed by atoms with van der Waals surface area (Å²) in [4.78, 5) is 20.7. The molecule has 2 rings (SSSR count). The van der Waals surface area contributed by atoms with Crippen molar-refractivity contribution in [3.8, 4) is 0 Å². The molecule has 0 saturated carbocycles. The van der Waals surface area contributed by atoms with Gasteiger partial charge in [0, 0.05) is 18.9 Å². The van der Waals surface area contributed by atoms with Crippen LogP contribution in [0.4, 0.5) is 9.83 Å². The quantitative estimate of drug-likeness (QED) is 0.567. The first-order valence-electron chi connectivity index (χ1n) is 5.28. The summed E-state index contributed by atoms with van der Waals surface area (Å²) in [6, 6.07) is 0. The Morgan fingerprint density at radius 3 is 2.40 bits per heavy atom. The van der Waals surface area contributed by atoms with Crippen LogP contribution in [-0.2, 0) is 15.0 Å². The molecule has 1 atom stereocenters. The number of halogens is 4. The largest absolute Gasteiger partial charge is 0.302 e. The molecular weight excluding hydrogens is 400 g/mol. The zero-order valence-electron chi connectivity index (χ0n) is 9.69. The number of carbonyl (C=O) groups excluding carboxylic acids is 1. The van der Waals surface area contributed by atoms with Crippen LogP contribution in [0, 0.1) is 5.92 Å². The molecule has 0 aliphatic carbocycles. The lowest BCUT2D eigenvalue weighted by molar-refractivity contribution is -0.117. The Labute approximate surface area is 132 Å². The normalized spacial score (nSPS) is 19.7. The van der Waals surface area contributed by atoms with Crippen LogP contribution in [0.2, 0.25) is 10.3 Å². The Kier molecular flexibility index (Phi) is 4.53. The molecule has 110 valence electrons. The lowest BCUT2D eigenvalue weighted by atomic mass is 10.1. The van der Waals surface area contributed by atoms with Gasteiger partial charge in [0.2, 0.25) is 11.9 Å². The molecule has 1 fully saturated rings. The second-order valence-corrected chi connectivity index (χ2v) is 7.12. The standard InChI is InChI=1S/C9H7BrCl2FN3O3S/c10-6-7(11)14-9(15-8(6)12)16-2-4(1-5(16)17)3-20(13,18)19/h4H,1-3H2. The van der Waals surface area contributed by atoms with E-state index in [0.29, 0.717) is 4.47 Å². The maximum Gasteiger partial charge on any atom is 0.302 e. The number of rotatable bonds is 3. The molecule has 20 heavy (non-hydrogen) atoms. The van der Waals surface area contributed by atoms with Crippen LogP contribution >= 0.6 is 39.1 Å². The second kappa shape index (κ2) is 5.70. The smallest absolute Gasteiger partial charge is 0.280 e. The van der Waals surface area contributed by atoms with Crippen LogP contribution in [0.1, 0.15) is 6.42 Å². The van der Waals surface area contributed by atoms with Crippen LogP contribution in [0.5, 0.6) is 0 Å². The van der Waals surface area contributed by atoms with Gasteiger partial charge >= 0.3 is 10.2 Å². The SMILES string of the molecule is O=C1CC(CS(=O)(=O)F)CN1c1nc(Cl)c(Br)c(Cl)n1. The molecule has 1 amide bonds. The predicted octanol–water partition coefficient (Wildman–Crippen LogP) is 2.20. The zero-order chi connectivity index (χ0) is 15.1. The average molecular weight is 407 g/mol. The fourth-order valence-electron chi connectivity index (χ4n) is 1.87. The van der Waals surface area contributed by atoms with Crippen molar-refractivity contribution < 1.29 is 17.1 Å². The molecule has 0 aromatic carbocycles. The van der Waals surface area contributed by atoms with Gasteiger partial charge in [-0.05, 0) is 15.9 Å². The predicted molar refractivity (Wildman–Crippen MR) is 75.1 cm³/mol. The van der Waals surface area contributed by atoms with Crippen molar-refractivity contribution >= 4 is 61.2 Å². The molecule has 1 aromatic rings. The summed E-state index contributed by atoms with van der Waals surface area (Å²) in [6.45, 7) is -0.00370. The van der Waals surface area contributed by atoms with Gasteiger partial charge in [-0.15, -0.1) is 3.89 Å². The molecule has 0 bridgehead atoms. The molecule has 1 aliphatic rings. The fraction of sp³-hybridized carbons (Fsp3) is 0.444. The number of carbonyl (C=O) groups is 1. The Morgan fingerprint density at radius 2 is 1.90 bits per heavy atom. The minimum Gasteiger partial charge on any atom is -0.280 e. The zero-order valence-corrected chi connectivity index (χ0v) is 13.6. The summed E-state index contributed by atoms with van der Waals surface area (Å²) in [5.74, 6) is -1.81. The highest BCUT2D eigenvalue weighted by atomic mass is 79.9. The lowest BCUT2D eigenvalue weighted by Gasteiger charge is -2.15. The van der Waals surface area contributed by atoms with E-state index in [4.69, 9.17) is 23.2 Å². The van der Waals surface area contributed by atoms with E-state index >= 15 is 0 Å². The molecule has 0 radical (unpaired) electrons. The molecule has 1 aromatic heterocycles. The summed E-state index contributed by atoms with van der Waals surface area (Å²) in [6.07, 6.45) is -0.0994. The van der Waals surface area contributed by atoms with E-state index in [9.17, 15) is 17.1 Å². The van der Waals surface area contributed by atoms with Crippen molar-refractivity contribution in [3.05, 3.63) is 14.8 Å². The first-order valence-corrected chi connectivity index (χ1v) is 8.39. The first kappa shape index (κ1) is 15.9. The van der Waals surface area contributed by atoms with E-state index in [1.54, 1.807) is 0 Å². The van der Waals surface area contributed by atoms with Gasteiger partial charge in [0.1, 0.15) is 10.3 Å². The van der Waals surface area contributed by atoms with E-state index in [0.717, 1.165) is 4.90 Å². The molecule has 1 unspecified atom stereocenters. The Balaban J connectivity index is 2.24. The van der Waals surface area contributed by atoms with E-state index in [1.807, 2.05) is 0 Å². The van der Waals surface area contributed by atoms with Crippen molar-refractivity contribution in [3.63, 3.8) is 0 Å². The Bertz CT molecular complexity index is 649. The third-order valence-electron chi connectivity index (χ3n) is 2.64. The molecule has 0 N–H and O–H groups in total. The average Bonchev–Trinajstić information content (AvgIpc) is 2.63. The molecule has 1 saturated heterocycles. The van der Waals surface area contributed by atoms with Gasteiger partial charge in [-0.2, -0.15) is 18.4 Å². The maximum atomic E-state index is 12.6. The molecule has 6 nitrogen and oxygen atoms in total. The first-order chi connectivity index (χ1) is 9.17. The maximum absolute atomic E-state index is 12.6. The second-order valence-electron chi connectivity index (χ2n) is 4.20. The summed E-state index contributed by atoms with van der Waals surface area (Å²) in [7, 11) is -4.64. The summed E-state index contributed by atoms with van der Waals surface area (Å²) < 4.78 is 34.2. The van der Waals surface area contributed by atoms with Gasteiger partial charge in [0.05, 0.1) is 10.2 Å². The minimum absolute atomic E-state index is 0.00370. The highest BCUT2D eigenvalue weighted by Crippen LogP contribution is 2.31.